The Kier molecular flexibility index (Phi) is 3.93. The fourth-order valence-corrected chi connectivity index (χ4v) is 1.79. The summed E-state index contributed by atoms with van der Waals surface area (Å²) < 4.78 is 1.21. The van der Waals surface area contributed by atoms with Crippen LogP contribution in [0.15, 0.2) is 10.6 Å². The van der Waals surface area contributed by atoms with Crippen LogP contribution < -0.4 is 0 Å². The molecule has 0 N–H and O–H groups in total. The second kappa shape index (κ2) is 4.77. The molecule has 3 nitrogen and oxygen atoms in total. The molecule has 13 heavy (non-hydrogen) atoms. The van der Waals surface area contributed by atoms with E-state index in [2.05, 4.69) is 22.0 Å². The Morgan fingerprint density at radius 2 is 2.46 bits per heavy atom. The van der Waals surface area contributed by atoms with Gasteiger partial charge in [0.05, 0.1) is 7.11 Å². The predicted octanol–water partition coefficient (Wildman–Crippen LogP) is 2.09. The second-order valence-electron chi connectivity index (χ2n) is 3.14. The average Bonchev–Trinajstić information content (AvgIpc) is 2.17. The third kappa shape index (κ3) is 2.81. The normalized spacial score (nSPS) is 22.4. The molecule has 0 aliphatic heterocycles. The van der Waals surface area contributed by atoms with E-state index in [4.69, 9.17) is 4.84 Å². The van der Waals surface area contributed by atoms with Gasteiger partial charge in [0, 0.05) is 13.0 Å². The molecular weight excluding hydrogens is 234 g/mol. The lowest BCUT2D eigenvalue weighted by molar-refractivity contribution is -0.173. The molecule has 0 bridgehead atoms. The monoisotopic (exact) mass is 247 g/mol. The highest BCUT2D eigenvalue weighted by molar-refractivity contribution is 9.11. The van der Waals surface area contributed by atoms with E-state index in [0.29, 0.717) is 0 Å². The van der Waals surface area contributed by atoms with Gasteiger partial charge in [0.25, 0.3) is 0 Å². The van der Waals surface area contributed by atoms with Crippen molar-refractivity contribution in [1.29, 1.82) is 0 Å². The van der Waals surface area contributed by atoms with E-state index in [1.54, 1.807) is 7.05 Å². The summed E-state index contributed by atoms with van der Waals surface area (Å²) in [6.07, 6.45) is 4.74. The fraction of sp³-hybridized carbons (Fsp3) is 0.667. The standard InChI is InChI=1S/C9H14BrNO2/c1-11(13-2)9(12)7-3-5-8(10)6-4-7/h5,7H,3-4,6H2,1-2H3/t7-/m0/s1. The molecule has 0 radical (unpaired) electrons. The zero-order valence-electron chi connectivity index (χ0n) is 7.92. The summed E-state index contributed by atoms with van der Waals surface area (Å²) >= 11 is 3.42. The summed E-state index contributed by atoms with van der Waals surface area (Å²) in [6.45, 7) is 0. The van der Waals surface area contributed by atoms with Gasteiger partial charge in [-0.15, -0.1) is 0 Å². The second-order valence-corrected chi connectivity index (χ2v) is 4.16. The molecular formula is C9H14BrNO2. The smallest absolute Gasteiger partial charge is 0.249 e. The lowest BCUT2D eigenvalue weighted by Gasteiger charge is -2.23. The Labute approximate surface area is 86.8 Å². The van der Waals surface area contributed by atoms with E-state index in [9.17, 15) is 4.79 Å². The van der Waals surface area contributed by atoms with Crippen LogP contribution in [0.2, 0.25) is 0 Å². The quantitative estimate of drug-likeness (QED) is 0.700. The lowest BCUT2D eigenvalue weighted by Crippen LogP contribution is -2.32. The fourth-order valence-electron chi connectivity index (χ4n) is 1.37. The van der Waals surface area contributed by atoms with Crippen LogP contribution in [0.25, 0.3) is 0 Å². The molecule has 0 unspecified atom stereocenters. The van der Waals surface area contributed by atoms with Crippen LogP contribution in [0, 0.1) is 5.92 Å². The van der Waals surface area contributed by atoms with Crippen molar-refractivity contribution < 1.29 is 9.63 Å². The number of allylic oxidation sites excluding steroid dienone is 2. The van der Waals surface area contributed by atoms with Gasteiger partial charge in [-0.2, -0.15) is 0 Å². The van der Waals surface area contributed by atoms with Gasteiger partial charge >= 0.3 is 0 Å². The first-order chi connectivity index (χ1) is 6.15. The van der Waals surface area contributed by atoms with Gasteiger partial charge < -0.3 is 0 Å². The summed E-state index contributed by atoms with van der Waals surface area (Å²) in [5.41, 5.74) is 0. The average molecular weight is 248 g/mol. The zero-order valence-corrected chi connectivity index (χ0v) is 9.50. The lowest BCUT2D eigenvalue weighted by atomic mass is 9.93. The van der Waals surface area contributed by atoms with Gasteiger partial charge in [0.15, 0.2) is 0 Å². The molecule has 0 aromatic carbocycles. The third-order valence-corrected chi connectivity index (χ3v) is 3.01. The van der Waals surface area contributed by atoms with Gasteiger partial charge in [0.1, 0.15) is 0 Å². The zero-order chi connectivity index (χ0) is 9.84. The topological polar surface area (TPSA) is 29.5 Å². The van der Waals surface area contributed by atoms with Gasteiger partial charge in [-0.05, 0) is 23.7 Å². The molecule has 0 saturated heterocycles. The molecule has 0 aromatic heterocycles. The first-order valence-corrected chi connectivity index (χ1v) is 5.10. The van der Waals surface area contributed by atoms with Crippen LogP contribution in [0.1, 0.15) is 19.3 Å². The molecule has 74 valence electrons. The van der Waals surface area contributed by atoms with E-state index in [1.807, 2.05) is 0 Å². The number of nitrogens with zero attached hydrogens (tertiary/aromatic N) is 1. The van der Waals surface area contributed by atoms with Crippen molar-refractivity contribution in [2.45, 2.75) is 19.3 Å². The van der Waals surface area contributed by atoms with E-state index >= 15 is 0 Å². The van der Waals surface area contributed by atoms with Crippen LogP contribution in [0.4, 0.5) is 0 Å². The van der Waals surface area contributed by atoms with E-state index in [-0.39, 0.29) is 11.8 Å². The maximum absolute atomic E-state index is 11.6. The number of halogens is 1. The van der Waals surface area contributed by atoms with Crippen LogP contribution in [-0.4, -0.2) is 25.1 Å². The molecule has 1 aliphatic rings. The number of hydrogen-bond acceptors (Lipinski definition) is 2. The molecule has 0 saturated carbocycles. The van der Waals surface area contributed by atoms with Gasteiger partial charge in [-0.3, -0.25) is 9.63 Å². The van der Waals surface area contributed by atoms with Crippen LogP contribution in [0.3, 0.4) is 0 Å². The summed E-state index contributed by atoms with van der Waals surface area (Å²) in [7, 11) is 3.15. The number of amides is 1. The van der Waals surface area contributed by atoms with E-state index in [0.717, 1.165) is 19.3 Å². The van der Waals surface area contributed by atoms with Crippen molar-refractivity contribution in [2.24, 2.45) is 5.92 Å². The number of hydroxylamine groups is 2. The number of carbonyl (C=O) groups is 1. The van der Waals surface area contributed by atoms with Crippen LogP contribution in [0.5, 0.6) is 0 Å². The minimum absolute atomic E-state index is 0.0683. The molecule has 1 rings (SSSR count). The van der Waals surface area contributed by atoms with Crippen molar-refractivity contribution in [3.8, 4) is 0 Å². The van der Waals surface area contributed by atoms with Gasteiger partial charge in [0.2, 0.25) is 5.91 Å². The molecule has 4 heteroatoms. The summed E-state index contributed by atoms with van der Waals surface area (Å²) in [5, 5.41) is 1.30. The molecule has 1 aliphatic carbocycles. The van der Waals surface area contributed by atoms with Gasteiger partial charge in [-0.25, -0.2) is 5.06 Å². The Bertz CT molecular complexity index is 228. The summed E-state index contributed by atoms with van der Waals surface area (Å²) in [5.74, 6) is 0.157. The van der Waals surface area contributed by atoms with Crippen molar-refractivity contribution in [3.05, 3.63) is 10.6 Å². The molecule has 1 amide bonds. The Balaban J connectivity index is 2.50. The van der Waals surface area contributed by atoms with Crippen molar-refractivity contribution in [2.75, 3.05) is 14.2 Å². The Morgan fingerprint density at radius 3 is 2.92 bits per heavy atom. The number of carbonyl (C=O) groups excluding carboxylic acids is 1. The highest BCUT2D eigenvalue weighted by Gasteiger charge is 2.23. The Hall–Kier alpha value is -0.350. The minimum Gasteiger partial charge on any atom is -0.275 e. The predicted molar refractivity (Wildman–Crippen MR) is 54.1 cm³/mol. The molecule has 1 atom stereocenters. The molecule has 0 spiro atoms. The first-order valence-electron chi connectivity index (χ1n) is 4.31. The third-order valence-electron chi connectivity index (χ3n) is 2.29. The highest BCUT2D eigenvalue weighted by Crippen LogP contribution is 2.27. The van der Waals surface area contributed by atoms with Gasteiger partial charge in [-0.1, -0.05) is 22.0 Å². The largest absolute Gasteiger partial charge is 0.275 e. The molecule has 0 fully saturated rings. The number of hydrogen-bond donors (Lipinski definition) is 0. The van der Waals surface area contributed by atoms with Crippen molar-refractivity contribution in [3.63, 3.8) is 0 Å². The van der Waals surface area contributed by atoms with Crippen molar-refractivity contribution in [1.82, 2.24) is 5.06 Å². The molecule has 0 aromatic rings. The van der Waals surface area contributed by atoms with Crippen LogP contribution in [-0.2, 0) is 9.63 Å². The van der Waals surface area contributed by atoms with E-state index in [1.165, 1.54) is 16.7 Å². The van der Waals surface area contributed by atoms with Crippen molar-refractivity contribution >= 4 is 21.8 Å². The van der Waals surface area contributed by atoms with Crippen LogP contribution >= 0.6 is 15.9 Å². The summed E-state index contributed by atoms with van der Waals surface area (Å²) in [4.78, 5) is 16.4. The minimum atomic E-state index is 0.0683. The highest BCUT2D eigenvalue weighted by atomic mass is 79.9. The molecule has 0 heterocycles. The SMILES string of the molecule is CON(C)C(=O)[C@H]1CC=C(Br)CC1. The number of rotatable bonds is 2. The maximum atomic E-state index is 11.6. The maximum Gasteiger partial charge on any atom is 0.249 e. The van der Waals surface area contributed by atoms with E-state index < -0.39 is 0 Å². The first kappa shape index (κ1) is 10.7. The summed E-state index contributed by atoms with van der Waals surface area (Å²) in [6, 6.07) is 0. The Morgan fingerprint density at radius 1 is 1.77 bits per heavy atom.